The first-order valence-electron chi connectivity index (χ1n) is 10.0. The van der Waals surface area contributed by atoms with Crippen LogP contribution in [-0.4, -0.2) is 45.9 Å². The average Bonchev–Trinajstić information content (AvgIpc) is 2.81. The fraction of sp³-hybridized carbons (Fsp3) is 0.571. The van der Waals surface area contributed by atoms with E-state index in [1.165, 1.54) is 17.7 Å². The molecule has 1 aromatic rings. The molecule has 2 fully saturated rings. The van der Waals surface area contributed by atoms with Crippen molar-refractivity contribution >= 4 is 18.0 Å². The van der Waals surface area contributed by atoms with Gasteiger partial charge in [0.05, 0.1) is 6.54 Å². The maximum Gasteiger partial charge on any atom is 0.325 e. The Balaban J connectivity index is 1.54. The molecule has 0 aliphatic carbocycles. The molecule has 2 heterocycles. The molecule has 2 aliphatic rings. The maximum atomic E-state index is 12.5. The Morgan fingerprint density at radius 3 is 2.46 bits per heavy atom. The molecule has 7 heteroatoms. The Hall–Kier alpha value is -2.57. The van der Waals surface area contributed by atoms with Gasteiger partial charge in [0, 0.05) is 19.1 Å². The van der Waals surface area contributed by atoms with Crippen molar-refractivity contribution in [3.05, 3.63) is 35.4 Å². The van der Waals surface area contributed by atoms with Gasteiger partial charge in [0.1, 0.15) is 5.54 Å². The Morgan fingerprint density at radius 1 is 1.14 bits per heavy atom. The largest absolute Gasteiger partial charge is 0.334 e. The van der Waals surface area contributed by atoms with Gasteiger partial charge in [-0.25, -0.2) is 9.59 Å². The lowest BCUT2D eigenvalue weighted by atomic mass is 10.1. The van der Waals surface area contributed by atoms with Crippen molar-refractivity contribution in [1.82, 2.24) is 20.4 Å². The van der Waals surface area contributed by atoms with Crippen molar-refractivity contribution < 1.29 is 14.4 Å². The van der Waals surface area contributed by atoms with Crippen LogP contribution in [0.25, 0.3) is 0 Å². The molecule has 0 saturated carbocycles. The van der Waals surface area contributed by atoms with Crippen molar-refractivity contribution in [2.75, 3.05) is 6.54 Å². The van der Waals surface area contributed by atoms with Gasteiger partial charge >= 0.3 is 12.1 Å². The van der Waals surface area contributed by atoms with Gasteiger partial charge in [-0.1, -0.05) is 37.1 Å². The van der Waals surface area contributed by atoms with Gasteiger partial charge in [-0.2, -0.15) is 0 Å². The van der Waals surface area contributed by atoms with Crippen LogP contribution in [0, 0.1) is 0 Å². The van der Waals surface area contributed by atoms with Crippen LogP contribution < -0.4 is 10.6 Å². The summed E-state index contributed by atoms with van der Waals surface area (Å²) < 4.78 is 0. The SMILES string of the molecule is C[C@@H]1CCCCCN1C(=O)NCc1ccc(CN2C(=O)NC(C)(C)C2=O)cc1. The Bertz CT molecular complexity index is 745. The van der Waals surface area contributed by atoms with Crippen molar-refractivity contribution in [2.24, 2.45) is 0 Å². The van der Waals surface area contributed by atoms with Crippen molar-refractivity contribution in [1.29, 1.82) is 0 Å². The Kier molecular flexibility index (Phi) is 5.91. The number of imide groups is 1. The molecule has 2 N–H and O–H groups in total. The van der Waals surface area contributed by atoms with Gasteiger partial charge in [0.2, 0.25) is 0 Å². The summed E-state index contributed by atoms with van der Waals surface area (Å²) in [5.41, 5.74) is 1.00. The second-order valence-electron chi connectivity index (χ2n) is 8.31. The minimum atomic E-state index is -0.855. The molecule has 2 saturated heterocycles. The summed E-state index contributed by atoms with van der Waals surface area (Å²) in [6.45, 7) is 7.02. The number of urea groups is 2. The van der Waals surface area contributed by atoms with Crippen LogP contribution in [-0.2, 0) is 17.9 Å². The zero-order chi connectivity index (χ0) is 20.3. The normalized spacial score (nSPS) is 22.0. The molecule has 7 nitrogen and oxygen atoms in total. The molecule has 0 unspecified atom stereocenters. The highest BCUT2D eigenvalue weighted by atomic mass is 16.2. The number of amides is 5. The second-order valence-corrected chi connectivity index (χ2v) is 8.31. The van der Waals surface area contributed by atoms with Gasteiger partial charge in [0.15, 0.2) is 0 Å². The topological polar surface area (TPSA) is 81.8 Å². The van der Waals surface area contributed by atoms with E-state index in [1.54, 1.807) is 13.8 Å². The number of likely N-dealkylation sites (tertiary alicyclic amines) is 1. The molecule has 5 amide bonds. The van der Waals surface area contributed by atoms with Crippen molar-refractivity contribution in [3.8, 4) is 0 Å². The zero-order valence-electron chi connectivity index (χ0n) is 17.0. The van der Waals surface area contributed by atoms with E-state index in [2.05, 4.69) is 17.6 Å². The third-order valence-electron chi connectivity index (χ3n) is 5.57. The number of benzene rings is 1. The highest BCUT2D eigenvalue weighted by Crippen LogP contribution is 2.20. The molecular weight excluding hydrogens is 356 g/mol. The highest BCUT2D eigenvalue weighted by molar-refractivity contribution is 6.06. The molecular formula is C21H30N4O3. The van der Waals surface area contributed by atoms with Gasteiger partial charge in [0.25, 0.3) is 5.91 Å². The van der Waals surface area contributed by atoms with Crippen LogP contribution in [0.5, 0.6) is 0 Å². The minimum Gasteiger partial charge on any atom is -0.334 e. The molecule has 3 rings (SSSR count). The summed E-state index contributed by atoms with van der Waals surface area (Å²) in [5.74, 6) is -0.222. The van der Waals surface area contributed by atoms with E-state index in [0.29, 0.717) is 6.54 Å². The molecule has 0 spiro atoms. The van der Waals surface area contributed by atoms with E-state index in [4.69, 9.17) is 0 Å². The van der Waals surface area contributed by atoms with E-state index < -0.39 is 5.54 Å². The number of rotatable bonds is 4. The summed E-state index contributed by atoms with van der Waals surface area (Å²) in [5, 5.41) is 5.68. The first-order chi connectivity index (χ1) is 13.3. The van der Waals surface area contributed by atoms with Crippen molar-refractivity contribution in [2.45, 2.75) is 71.1 Å². The highest BCUT2D eigenvalue weighted by Gasteiger charge is 2.44. The van der Waals surface area contributed by atoms with E-state index in [1.807, 2.05) is 29.2 Å². The lowest BCUT2D eigenvalue weighted by Crippen LogP contribution is -2.44. The number of carbonyl (C=O) groups excluding carboxylic acids is 3. The molecule has 152 valence electrons. The second kappa shape index (κ2) is 8.20. The minimum absolute atomic E-state index is 0.0138. The predicted molar refractivity (Wildman–Crippen MR) is 106 cm³/mol. The standard InChI is InChI=1S/C21H30N4O3/c1-15-7-5-4-6-12-24(15)19(27)22-13-16-8-10-17(11-9-16)14-25-18(26)21(2,3)23-20(25)28/h8-11,15H,4-7,12-14H2,1-3H3,(H,22,27)(H,23,28)/t15-/m1/s1. The number of nitrogens with one attached hydrogen (secondary N) is 2. The van der Waals surface area contributed by atoms with Gasteiger partial charge in [-0.15, -0.1) is 0 Å². The fourth-order valence-corrected chi connectivity index (χ4v) is 3.76. The van der Waals surface area contributed by atoms with Crippen LogP contribution in [0.4, 0.5) is 9.59 Å². The first-order valence-corrected chi connectivity index (χ1v) is 10.0. The molecule has 1 aromatic carbocycles. The maximum absolute atomic E-state index is 12.5. The number of carbonyl (C=O) groups is 3. The lowest BCUT2D eigenvalue weighted by molar-refractivity contribution is -0.130. The van der Waals surface area contributed by atoms with Crippen LogP contribution in [0.15, 0.2) is 24.3 Å². The van der Waals surface area contributed by atoms with E-state index >= 15 is 0 Å². The quantitative estimate of drug-likeness (QED) is 0.781. The van der Waals surface area contributed by atoms with Crippen LogP contribution >= 0.6 is 0 Å². The van der Waals surface area contributed by atoms with Gasteiger partial charge in [-0.05, 0) is 44.7 Å². The molecule has 0 bridgehead atoms. The van der Waals surface area contributed by atoms with E-state index in [9.17, 15) is 14.4 Å². The third-order valence-corrected chi connectivity index (χ3v) is 5.57. The molecule has 2 aliphatic heterocycles. The summed E-state index contributed by atoms with van der Waals surface area (Å²) in [4.78, 5) is 39.9. The van der Waals surface area contributed by atoms with Crippen LogP contribution in [0.1, 0.15) is 57.6 Å². The van der Waals surface area contributed by atoms with Crippen LogP contribution in [0.2, 0.25) is 0 Å². The smallest absolute Gasteiger partial charge is 0.325 e. The summed E-state index contributed by atoms with van der Waals surface area (Å²) in [7, 11) is 0. The Morgan fingerprint density at radius 2 is 1.82 bits per heavy atom. The summed E-state index contributed by atoms with van der Waals surface area (Å²) in [6, 6.07) is 7.52. The summed E-state index contributed by atoms with van der Waals surface area (Å²) >= 11 is 0. The van der Waals surface area contributed by atoms with E-state index in [-0.39, 0.29) is 30.6 Å². The zero-order valence-corrected chi connectivity index (χ0v) is 17.0. The van der Waals surface area contributed by atoms with Crippen LogP contribution in [0.3, 0.4) is 0 Å². The average molecular weight is 386 g/mol. The monoisotopic (exact) mass is 386 g/mol. The van der Waals surface area contributed by atoms with Crippen molar-refractivity contribution in [3.63, 3.8) is 0 Å². The Labute approximate surface area is 166 Å². The number of hydrogen-bond acceptors (Lipinski definition) is 3. The predicted octanol–water partition coefficient (Wildman–Crippen LogP) is 2.99. The number of nitrogens with zero attached hydrogens (tertiary/aromatic N) is 2. The fourth-order valence-electron chi connectivity index (χ4n) is 3.76. The first kappa shape index (κ1) is 20.2. The molecule has 0 aromatic heterocycles. The molecule has 1 atom stereocenters. The van der Waals surface area contributed by atoms with Gasteiger partial charge in [-0.3, -0.25) is 9.69 Å². The lowest BCUT2D eigenvalue weighted by Gasteiger charge is -2.27. The molecule has 0 radical (unpaired) electrons. The summed E-state index contributed by atoms with van der Waals surface area (Å²) in [6.07, 6.45) is 4.49. The van der Waals surface area contributed by atoms with Gasteiger partial charge < -0.3 is 15.5 Å². The van der Waals surface area contributed by atoms with E-state index in [0.717, 1.165) is 30.5 Å². The number of hydrogen-bond donors (Lipinski definition) is 2. The molecule has 28 heavy (non-hydrogen) atoms. The third kappa shape index (κ3) is 4.46.